The molecule has 2 unspecified atom stereocenters. The quantitative estimate of drug-likeness (QED) is 0.413. The van der Waals surface area contributed by atoms with E-state index in [4.69, 9.17) is 16.3 Å². The number of benzene rings is 2. The summed E-state index contributed by atoms with van der Waals surface area (Å²) >= 11 is 6.25. The van der Waals surface area contributed by atoms with Gasteiger partial charge in [-0.25, -0.2) is 21.6 Å². The maximum Gasteiger partial charge on any atom is 0.255 e. The van der Waals surface area contributed by atoms with Crippen molar-refractivity contribution in [3.8, 4) is 0 Å². The van der Waals surface area contributed by atoms with Gasteiger partial charge in [-0.15, -0.1) is 0 Å². The van der Waals surface area contributed by atoms with Gasteiger partial charge in [0.1, 0.15) is 0 Å². The molecule has 3 fully saturated rings. The standard InChI is InChI=1S/C27H28ClF3N2O6S/c28-20-4-1-14(26(35)33-18-10-21(29)25(31)22(30)11-18)7-23(20)40(37,38)19-8-15-2-3-16(9-19)27(15,36)12-24(34)32-17-5-6-39-13-17/h1,4,7,10-11,15-17,19,36H,2-3,5-6,8-9,12-13H2,(H,32,34)(H,33,35)/t15?,16?,17-,19?,27?/m1/s1. The van der Waals surface area contributed by atoms with E-state index in [1.165, 1.54) is 12.1 Å². The van der Waals surface area contributed by atoms with Gasteiger partial charge in [-0.3, -0.25) is 9.59 Å². The van der Waals surface area contributed by atoms with E-state index >= 15 is 0 Å². The van der Waals surface area contributed by atoms with Gasteiger partial charge in [0, 0.05) is 30.0 Å². The first-order valence-corrected chi connectivity index (χ1v) is 14.9. The van der Waals surface area contributed by atoms with Crippen LogP contribution in [-0.4, -0.2) is 55.4 Å². The molecule has 1 aliphatic heterocycles. The topological polar surface area (TPSA) is 122 Å². The molecule has 2 aromatic rings. The van der Waals surface area contributed by atoms with Gasteiger partial charge in [0.15, 0.2) is 27.3 Å². The number of fused-ring (bicyclic) bond motifs is 2. The maximum absolute atomic E-state index is 13.7. The number of halogens is 4. The first kappa shape index (κ1) is 28.8. The van der Waals surface area contributed by atoms with Crippen molar-refractivity contribution in [3.05, 3.63) is 58.4 Å². The maximum atomic E-state index is 13.7. The zero-order valence-corrected chi connectivity index (χ0v) is 22.8. The molecule has 5 rings (SSSR count). The molecule has 2 aliphatic carbocycles. The third-order valence-corrected chi connectivity index (χ3v) is 10.9. The second-order valence-electron chi connectivity index (χ2n) is 10.8. The molecule has 8 nitrogen and oxygen atoms in total. The second-order valence-corrected chi connectivity index (χ2v) is 13.4. The molecule has 3 N–H and O–H groups in total. The highest BCUT2D eigenvalue weighted by molar-refractivity contribution is 7.92. The summed E-state index contributed by atoms with van der Waals surface area (Å²) in [5.41, 5.74) is -1.81. The highest BCUT2D eigenvalue weighted by Crippen LogP contribution is 2.53. The number of aliphatic hydroxyl groups is 1. The smallest absolute Gasteiger partial charge is 0.255 e. The van der Waals surface area contributed by atoms with Crippen molar-refractivity contribution in [1.82, 2.24) is 5.32 Å². The van der Waals surface area contributed by atoms with Crippen molar-refractivity contribution in [2.75, 3.05) is 18.5 Å². The minimum Gasteiger partial charge on any atom is -0.389 e. The third kappa shape index (κ3) is 5.46. The molecule has 3 atom stereocenters. The zero-order valence-electron chi connectivity index (χ0n) is 21.3. The van der Waals surface area contributed by atoms with Crippen LogP contribution in [0.4, 0.5) is 18.9 Å². The fraction of sp³-hybridized carbons (Fsp3) is 0.481. The Morgan fingerprint density at radius 3 is 2.30 bits per heavy atom. The Kier molecular flexibility index (Phi) is 7.90. The molecule has 1 saturated heterocycles. The monoisotopic (exact) mass is 600 g/mol. The Labute approximate surface area is 234 Å². The summed E-state index contributed by atoms with van der Waals surface area (Å²) < 4.78 is 73.1. The molecule has 2 bridgehead atoms. The summed E-state index contributed by atoms with van der Waals surface area (Å²) in [7, 11) is -4.07. The van der Waals surface area contributed by atoms with E-state index in [2.05, 4.69) is 10.6 Å². The van der Waals surface area contributed by atoms with E-state index in [1.54, 1.807) is 0 Å². The molecule has 2 aromatic carbocycles. The Balaban J connectivity index is 1.32. The molecule has 1 heterocycles. The van der Waals surface area contributed by atoms with Gasteiger partial charge in [0.25, 0.3) is 5.91 Å². The van der Waals surface area contributed by atoms with Gasteiger partial charge < -0.3 is 20.5 Å². The van der Waals surface area contributed by atoms with E-state index in [9.17, 15) is 36.3 Å². The number of hydrogen-bond donors (Lipinski definition) is 3. The molecule has 13 heteroatoms. The number of carbonyl (C=O) groups is 2. The second kappa shape index (κ2) is 11.0. The Morgan fingerprint density at radius 1 is 1.05 bits per heavy atom. The summed E-state index contributed by atoms with van der Waals surface area (Å²) in [5, 5.41) is 15.6. The number of sulfone groups is 1. The predicted octanol–water partition coefficient (Wildman–Crippen LogP) is 4.00. The van der Waals surface area contributed by atoms with Gasteiger partial charge in [-0.2, -0.15) is 0 Å². The summed E-state index contributed by atoms with van der Waals surface area (Å²) in [6.07, 6.45) is 1.98. The Hall–Kier alpha value is -2.67. The number of nitrogens with one attached hydrogen (secondary N) is 2. The molecule has 2 saturated carbocycles. The average Bonchev–Trinajstić information content (AvgIpc) is 3.41. The third-order valence-electron chi connectivity index (χ3n) is 8.29. The van der Waals surface area contributed by atoms with E-state index < -0.39 is 55.9 Å². The summed E-state index contributed by atoms with van der Waals surface area (Å²) in [6, 6.07) is 4.68. The largest absolute Gasteiger partial charge is 0.389 e. The number of ether oxygens (including phenoxy) is 1. The predicted molar refractivity (Wildman–Crippen MR) is 139 cm³/mol. The number of hydrogen-bond acceptors (Lipinski definition) is 6. The zero-order chi connectivity index (χ0) is 28.8. The summed E-state index contributed by atoms with van der Waals surface area (Å²) in [4.78, 5) is 25.1. The van der Waals surface area contributed by atoms with Gasteiger partial charge in [-0.1, -0.05) is 11.6 Å². The van der Waals surface area contributed by atoms with E-state index in [-0.39, 0.29) is 52.4 Å². The molecule has 3 aliphatic rings. The Bertz CT molecular complexity index is 1410. The molecule has 216 valence electrons. The lowest BCUT2D eigenvalue weighted by Gasteiger charge is -2.42. The van der Waals surface area contributed by atoms with Gasteiger partial charge in [0.2, 0.25) is 5.91 Å². The number of rotatable bonds is 7. The highest BCUT2D eigenvalue weighted by Gasteiger charge is 2.56. The van der Waals surface area contributed by atoms with Gasteiger partial charge in [-0.05, 0) is 62.1 Å². The SMILES string of the molecule is O=C(CC1(O)C2CCC1CC(S(=O)(=O)c1cc(C(=O)Nc3cc(F)c(F)c(F)c3)ccc1Cl)C2)N[C@@H]1CCOC1. The lowest BCUT2D eigenvalue weighted by atomic mass is 9.72. The van der Waals surface area contributed by atoms with Crippen LogP contribution >= 0.6 is 11.6 Å². The van der Waals surface area contributed by atoms with Gasteiger partial charge >= 0.3 is 0 Å². The van der Waals surface area contributed by atoms with Crippen LogP contribution in [0.3, 0.4) is 0 Å². The van der Waals surface area contributed by atoms with Crippen LogP contribution in [-0.2, 0) is 19.4 Å². The fourth-order valence-electron chi connectivity index (χ4n) is 6.21. The van der Waals surface area contributed by atoms with Crippen molar-refractivity contribution < 1.29 is 41.0 Å². The molecule has 40 heavy (non-hydrogen) atoms. The van der Waals surface area contributed by atoms with Crippen LogP contribution in [0.2, 0.25) is 5.02 Å². The van der Waals surface area contributed by atoms with E-state index in [0.717, 1.165) is 6.07 Å². The number of carbonyl (C=O) groups excluding carboxylic acids is 2. The number of anilines is 1. The fourth-order valence-corrected chi connectivity index (χ4v) is 8.61. The van der Waals surface area contributed by atoms with Crippen molar-refractivity contribution in [2.45, 2.75) is 60.3 Å². The molecule has 0 spiro atoms. The highest BCUT2D eigenvalue weighted by atomic mass is 35.5. The lowest BCUT2D eigenvalue weighted by molar-refractivity contribution is -0.133. The number of amides is 2. The van der Waals surface area contributed by atoms with Crippen LogP contribution in [0, 0.1) is 29.3 Å². The lowest BCUT2D eigenvalue weighted by Crippen LogP contribution is -2.51. The van der Waals surface area contributed by atoms with Crippen LogP contribution in [0.1, 0.15) is 48.9 Å². The van der Waals surface area contributed by atoms with Crippen molar-refractivity contribution in [3.63, 3.8) is 0 Å². The van der Waals surface area contributed by atoms with Crippen LogP contribution < -0.4 is 10.6 Å². The van der Waals surface area contributed by atoms with Crippen molar-refractivity contribution in [2.24, 2.45) is 11.8 Å². The molecule has 0 radical (unpaired) electrons. The van der Waals surface area contributed by atoms with Crippen LogP contribution in [0.25, 0.3) is 0 Å². The first-order valence-electron chi connectivity index (χ1n) is 13.0. The minimum absolute atomic E-state index is 0.0989. The summed E-state index contributed by atoms with van der Waals surface area (Å²) in [6.45, 7) is 0.988. The van der Waals surface area contributed by atoms with Crippen LogP contribution in [0.15, 0.2) is 35.2 Å². The van der Waals surface area contributed by atoms with Gasteiger partial charge in [0.05, 0.1) is 39.8 Å². The minimum atomic E-state index is -4.07. The molecule has 2 amide bonds. The summed E-state index contributed by atoms with van der Waals surface area (Å²) in [5.74, 6) is -6.67. The van der Waals surface area contributed by atoms with Crippen molar-refractivity contribution >= 4 is 38.9 Å². The normalized spacial score (nSPS) is 27.9. The average molecular weight is 601 g/mol. The molecular weight excluding hydrogens is 573 g/mol. The van der Waals surface area contributed by atoms with E-state index in [1.807, 2.05) is 0 Å². The van der Waals surface area contributed by atoms with Crippen LogP contribution in [0.5, 0.6) is 0 Å². The molecular formula is C27H28ClF3N2O6S. The Morgan fingerprint density at radius 2 is 1.70 bits per heavy atom. The molecule has 0 aromatic heterocycles. The van der Waals surface area contributed by atoms with E-state index in [0.29, 0.717) is 44.6 Å². The van der Waals surface area contributed by atoms with Crippen molar-refractivity contribution in [1.29, 1.82) is 0 Å². The first-order chi connectivity index (χ1) is 18.9.